The van der Waals surface area contributed by atoms with Crippen LogP contribution < -0.4 is 0 Å². The number of rotatable bonds is 5. The zero-order valence-electron chi connectivity index (χ0n) is 17.9. The smallest absolute Gasteiger partial charge is 0.243 e. The van der Waals surface area contributed by atoms with Crippen molar-refractivity contribution in [1.82, 2.24) is 4.31 Å². The molecular weight excluding hydrogens is 420 g/mol. The lowest BCUT2D eigenvalue weighted by atomic mass is 9.66. The van der Waals surface area contributed by atoms with Crippen LogP contribution in [0.15, 0.2) is 82.3 Å². The van der Waals surface area contributed by atoms with E-state index < -0.39 is 10.0 Å². The van der Waals surface area contributed by atoms with E-state index in [1.54, 1.807) is 22.5 Å². The highest BCUT2D eigenvalue weighted by Crippen LogP contribution is 2.46. The SMILES string of the molecule is O=C1C=C2CCN(S(=O)(=O)c3ccc(C4=CN=CC4)cc3)CC2(Cc2ccccc2)CC1. The van der Waals surface area contributed by atoms with E-state index >= 15 is 0 Å². The molecule has 1 atom stereocenters. The van der Waals surface area contributed by atoms with Crippen molar-refractivity contribution in [2.24, 2.45) is 10.4 Å². The maximum absolute atomic E-state index is 13.6. The van der Waals surface area contributed by atoms with Gasteiger partial charge in [-0.3, -0.25) is 9.79 Å². The molecule has 2 heterocycles. The molecule has 5 rings (SSSR count). The van der Waals surface area contributed by atoms with Gasteiger partial charge < -0.3 is 0 Å². The number of nitrogens with zero attached hydrogens (tertiary/aromatic N) is 2. The lowest BCUT2D eigenvalue weighted by molar-refractivity contribution is -0.116. The zero-order valence-corrected chi connectivity index (χ0v) is 18.7. The van der Waals surface area contributed by atoms with Crippen molar-refractivity contribution >= 4 is 27.6 Å². The molecule has 0 amide bonds. The summed E-state index contributed by atoms with van der Waals surface area (Å²) in [4.78, 5) is 16.6. The summed E-state index contributed by atoms with van der Waals surface area (Å²) in [7, 11) is -3.63. The molecule has 32 heavy (non-hydrogen) atoms. The Bertz CT molecular complexity index is 1230. The summed E-state index contributed by atoms with van der Waals surface area (Å²) in [6.07, 6.45) is 8.71. The van der Waals surface area contributed by atoms with E-state index in [2.05, 4.69) is 17.1 Å². The predicted molar refractivity (Wildman–Crippen MR) is 126 cm³/mol. The van der Waals surface area contributed by atoms with E-state index in [1.165, 1.54) is 5.56 Å². The second kappa shape index (κ2) is 8.26. The number of ketones is 1. The molecular formula is C26H26N2O3S. The van der Waals surface area contributed by atoms with Crippen molar-refractivity contribution in [3.63, 3.8) is 0 Å². The van der Waals surface area contributed by atoms with Gasteiger partial charge in [-0.25, -0.2) is 8.42 Å². The summed E-state index contributed by atoms with van der Waals surface area (Å²) in [6.45, 7) is 0.808. The average Bonchev–Trinajstić information content (AvgIpc) is 3.35. The third-order valence-electron chi connectivity index (χ3n) is 6.87. The van der Waals surface area contributed by atoms with Crippen LogP contribution in [0.3, 0.4) is 0 Å². The fraction of sp³-hybridized carbons (Fsp3) is 0.308. The monoisotopic (exact) mass is 446 g/mol. The molecule has 1 aliphatic carbocycles. The highest BCUT2D eigenvalue weighted by Gasteiger charge is 2.45. The number of allylic oxidation sites excluding steroid dienone is 2. The van der Waals surface area contributed by atoms with Gasteiger partial charge >= 0.3 is 0 Å². The summed E-state index contributed by atoms with van der Waals surface area (Å²) in [6, 6.07) is 17.3. The van der Waals surface area contributed by atoms with Gasteiger partial charge in [0.1, 0.15) is 0 Å². The van der Waals surface area contributed by atoms with Gasteiger partial charge in [-0.15, -0.1) is 0 Å². The number of fused-ring (bicyclic) bond motifs is 1. The summed E-state index contributed by atoms with van der Waals surface area (Å²) >= 11 is 0. The Morgan fingerprint density at radius 3 is 2.50 bits per heavy atom. The maximum Gasteiger partial charge on any atom is 0.243 e. The Morgan fingerprint density at radius 1 is 1.00 bits per heavy atom. The topological polar surface area (TPSA) is 66.8 Å². The molecule has 2 aliphatic heterocycles. The highest BCUT2D eigenvalue weighted by molar-refractivity contribution is 7.89. The number of benzene rings is 2. The van der Waals surface area contributed by atoms with Crippen LogP contribution in [0.1, 0.15) is 36.8 Å². The highest BCUT2D eigenvalue weighted by atomic mass is 32.2. The Morgan fingerprint density at radius 2 is 1.78 bits per heavy atom. The van der Waals surface area contributed by atoms with Crippen molar-refractivity contribution in [2.45, 2.75) is 37.0 Å². The number of carbonyl (C=O) groups excluding carboxylic acids is 1. The molecule has 1 saturated heterocycles. The third-order valence-corrected chi connectivity index (χ3v) is 8.73. The van der Waals surface area contributed by atoms with Gasteiger partial charge in [-0.2, -0.15) is 4.31 Å². The van der Waals surface area contributed by atoms with Crippen LogP contribution in [-0.4, -0.2) is 37.8 Å². The fourth-order valence-electron chi connectivity index (χ4n) is 5.10. The van der Waals surface area contributed by atoms with Crippen LogP contribution in [0.4, 0.5) is 0 Å². The van der Waals surface area contributed by atoms with Crippen LogP contribution in [0.2, 0.25) is 0 Å². The molecule has 1 unspecified atom stereocenters. The van der Waals surface area contributed by atoms with E-state index in [4.69, 9.17) is 0 Å². The second-order valence-electron chi connectivity index (χ2n) is 8.88. The van der Waals surface area contributed by atoms with E-state index in [0.717, 1.165) is 29.6 Å². The van der Waals surface area contributed by atoms with Gasteiger partial charge in [0.2, 0.25) is 10.0 Å². The Balaban J connectivity index is 1.44. The molecule has 0 saturated carbocycles. The number of hydrogen-bond acceptors (Lipinski definition) is 4. The molecule has 6 heteroatoms. The number of aliphatic imine (C=N–C) groups is 1. The van der Waals surface area contributed by atoms with Gasteiger partial charge in [0.05, 0.1) is 4.90 Å². The molecule has 164 valence electrons. The van der Waals surface area contributed by atoms with Crippen molar-refractivity contribution in [2.75, 3.05) is 13.1 Å². The molecule has 0 spiro atoms. The standard InChI is InChI=1S/C26H26N2O3S/c29-24-10-13-26(17-20-4-2-1-3-5-20)19-28(15-12-23(26)16-24)32(30,31)25-8-6-21(7-9-25)22-11-14-27-18-22/h1-9,14,16,18H,10-13,15,17,19H2. The maximum atomic E-state index is 13.6. The molecule has 0 N–H and O–H groups in total. The van der Waals surface area contributed by atoms with Crippen molar-refractivity contribution < 1.29 is 13.2 Å². The minimum Gasteiger partial charge on any atom is -0.295 e. The first-order valence-electron chi connectivity index (χ1n) is 11.1. The minimum absolute atomic E-state index is 0.153. The average molecular weight is 447 g/mol. The summed E-state index contributed by atoms with van der Waals surface area (Å²) in [5.41, 5.74) is 4.04. The van der Waals surface area contributed by atoms with Crippen LogP contribution in [0, 0.1) is 5.41 Å². The zero-order chi connectivity index (χ0) is 22.2. The van der Waals surface area contributed by atoms with Gasteiger partial charge in [-0.1, -0.05) is 48.0 Å². The number of piperidine rings is 1. The van der Waals surface area contributed by atoms with E-state index in [0.29, 0.717) is 37.2 Å². The molecule has 0 radical (unpaired) electrons. The van der Waals surface area contributed by atoms with Crippen molar-refractivity contribution in [1.29, 1.82) is 0 Å². The lowest BCUT2D eigenvalue weighted by Gasteiger charge is -2.46. The lowest BCUT2D eigenvalue weighted by Crippen LogP contribution is -2.49. The van der Waals surface area contributed by atoms with Crippen LogP contribution in [-0.2, 0) is 21.2 Å². The first-order valence-corrected chi connectivity index (χ1v) is 12.5. The van der Waals surface area contributed by atoms with E-state index in [9.17, 15) is 13.2 Å². The molecule has 0 bridgehead atoms. The molecule has 1 fully saturated rings. The Hall–Kier alpha value is -2.83. The van der Waals surface area contributed by atoms with Crippen LogP contribution in [0.5, 0.6) is 0 Å². The normalized spacial score (nSPS) is 23.6. The minimum atomic E-state index is -3.63. The third kappa shape index (κ3) is 3.89. The largest absolute Gasteiger partial charge is 0.295 e. The van der Waals surface area contributed by atoms with Gasteiger partial charge in [-0.05, 0) is 54.2 Å². The van der Waals surface area contributed by atoms with E-state index in [-0.39, 0.29) is 11.2 Å². The summed E-state index contributed by atoms with van der Waals surface area (Å²) in [5, 5.41) is 0. The van der Waals surface area contributed by atoms with E-state index in [1.807, 2.05) is 42.7 Å². The summed E-state index contributed by atoms with van der Waals surface area (Å²) < 4.78 is 28.7. The quantitative estimate of drug-likeness (QED) is 0.683. The van der Waals surface area contributed by atoms with Crippen LogP contribution >= 0.6 is 0 Å². The molecule has 5 nitrogen and oxygen atoms in total. The molecule has 3 aliphatic rings. The van der Waals surface area contributed by atoms with Gasteiger partial charge in [0.15, 0.2) is 5.78 Å². The van der Waals surface area contributed by atoms with Crippen molar-refractivity contribution in [3.8, 4) is 0 Å². The van der Waals surface area contributed by atoms with Gasteiger partial charge in [0.25, 0.3) is 0 Å². The first kappa shape index (κ1) is 21.0. The number of carbonyl (C=O) groups is 1. The fourth-order valence-corrected chi connectivity index (χ4v) is 6.63. The predicted octanol–water partition coefficient (Wildman–Crippen LogP) is 4.41. The second-order valence-corrected chi connectivity index (χ2v) is 10.8. The molecule has 0 aromatic heterocycles. The summed E-state index contributed by atoms with van der Waals surface area (Å²) in [5.74, 6) is 0.153. The number of hydrogen-bond donors (Lipinski definition) is 0. The Kier molecular flexibility index (Phi) is 5.43. The van der Waals surface area contributed by atoms with Crippen molar-refractivity contribution in [3.05, 3.63) is 83.6 Å². The number of sulfonamides is 1. The molecule has 2 aromatic rings. The molecule has 2 aromatic carbocycles. The van der Waals surface area contributed by atoms with Crippen LogP contribution in [0.25, 0.3) is 5.57 Å². The first-order chi connectivity index (χ1) is 15.5. The Labute approximate surface area is 189 Å². The van der Waals surface area contributed by atoms with Gasteiger partial charge in [0, 0.05) is 43.8 Å².